The smallest absolute Gasteiger partial charge is 0.339 e. The molecule has 0 bridgehead atoms. The van der Waals surface area contributed by atoms with Crippen LogP contribution in [0.5, 0.6) is 0 Å². The Kier molecular flexibility index (Phi) is 5.34. The third kappa shape index (κ3) is 3.81. The first kappa shape index (κ1) is 17.9. The van der Waals surface area contributed by atoms with Crippen molar-refractivity contribution < 1.29 is 9.53 Å². The lowest BCUT2D eigenvalue weighted by Crippen LogP contribution is -2.35. The fraction of sp³-hybridized carbons (Fsp3) is 0.381. The summed E-state index contributed by atoms with van der Waals surface area (Å²) < 4.78 is 5.21. The highest BCUT2D eigenvalue weighted by Gasteiger charge is 2.25. The number of piperidine rings is 1. The molecule has 1 saturated heterocycles. The van der Waals surface area contributed by atoms with Crippen molar-refractivity contribution in [3.8, 4) is 0 Å². The van der Waals surface area contributed by atoms with E-state index in [2.05, 4.69) is 45.2 Å². The zero-order chi connectivity index (χ0) is 18.6. The topological polar surface area (TPSA) is 55.3 Å². The molecule has 4 rings (SSSR count). The molecule has 1 aliphatic heterocycles. The molecule has 3 heterocycles. The lowest BCUT2D eigenvalue weighted by molar-refractivity contribution is 0.0529. The quantitative estimate of drug-likeness (QED) is 0.616. The fourth-order valence-corrected chi connectivity index (χ4v) is 4.63. The maximum atomic E-state index is 12.3. The zero-order valence-electron chi connectivity index (χ0n) is 15.4. The molecular formula is C21H23N3O2S. The Labute approximate surface area is 163 Å². The van der Waals surface area contributed by atoms with E-state index in [-0.39, 0.29) is 5.97 Å². The number of carbonyl (C=O) groups is 1. The molecule has 140 valence electrons. The van der Waals surface area contributed by atoms with Crippen molar-refractivity contribution in [2.45, 2.75) is 26.2 Å². The lowest BCUT2D eigenvalue weighted by Gasteiger charge is -2.33. The van der Waals surface area contributed by atoms with Crippen LogP contribution in [0.1, 0.15) is 35.7 Å². The first-order chi connectivity index (χ1) is 13.3. The van der Waals surface area contributed by atoms with E-state index >= 15 is 0 Å². The molecule has 6 heteroatoms. The van der Waals surface area contributed by atoms with Crippen molar-refractivity contribution in [1.29, 1.82) is 0 Å². The van der Waals surface area contributed by atoms with Gasteiger partial charge in [0.25, 0.3) is 0 Å². The second-order valence-corrected chi connectivity index (χ2v) is 7.73. The molecule has 1 aliphatic rings. The van der Waals surface area contributed by atoms with Gasteiger partial charge in [-0.15, -0.1) is 11.3 Å². The standard InChI is InChI=1S/C21H23N3O2S/c1-2-26-21(25)17-13-27-20-18(17)19(22-14-23-20)24-10-8-16(9-11-24)12-15-6-4-3-5-7-15/h3-7,13-14,16H,2,8-12H2,1H3. The van der Waals surface area contributed by atoms with Crippen molar-refractivity contribution in [2.24, 2.45) is 5.92 Å². The van der Waals surface area contributed by atoms with Gasteiger partial charge in [0.1, 0.15) is 17.0 Å². The van der Waals surface area contributed by atoms with Gasteiger partial charge in [-0.2, -0.15) is 0 Å². The van der Waals surface area contributed by atoms with Crippen LogP contribution in [0.25, 0.3) is 10.2 Å². The van der Waals surface area contributed by atoms with Crippen molar-refractivity contribution in [3.05, 3.63) is 53.2 Å². The number of hydrogen-bond donors (Lipinski definition) is 0. The number of carbonyl (C=O) groups excluding carboxylic acids is 1. The molecule has 0 amide bonds. The predicted octanol–water partition coefficient (Wildman–Crippen LogP) is 4.33. The number of esters is 1. The molecule has 0 N–H and O–H groups in total. The summed E-state index contributed by atoms with van der Waals surface area (Å²) in [5, 5.41) is 2.67. The molecule has 3 aromatic rings. The SMILES string of the molecule is CCOC(=O)c1csc2ncnc(N3CCC(Cc4ccccc4)CC3)c12. The minimum absolute atomic E-state index is 0.293. The van der Waals surface area contributed by atoms with Crippen LogP contribution in [0.2, 0.25) is 0 Å². The molecule has 0 unspecified atom stereocenters. The Morgan fingerprint density at radius 3 is 2.74 bits per heavy atom. The number of benzene rings is 1. The van der Waals surface area contributed by atoms with E-state index in [4.69, 9.17) is 4.74 Å². The third-order valence-corrected chi connectivity index (χ3v) is 6.01. The molecule has 0 atom stereocenters. The monoisotopic (exact) mass is 381 g/mol. The highest BCUT2D eigenvalue weighted by Crippen LogP contribution is 2.34. The highest BCUT2D eigenvalue weighted by molar-refractivity contribution is 7.17. The molecule has 1 aromatic carbocycles. The minimum Gasteiger partial charge on any atom is -0.462 e. The van der Waals surface area contributed by atoms with Crippen LogP contribution in [-0.2, 0) is 11.2 Å². The van der Waals surface area contributed by atoms with Gasteiger partial charge in [-0.3, -0.25) is 0 Å². The summed E-state index contributed by atoms with van der Waals surface area (Å²) in [7, 11) is 0. The van der Waals surface area contributed by atoms with Gasteiger partial charge in [-0.05, 0) is 37.7 Å². The number of hydrogen-bond acceptors (Lipinski definition) is 6. The van der Waals surface area contributed by atoms with Crippen LogP contribution in [0.3, 0.4) is 0 Å². The molecule has 0 spiro atoms. The summed E-state index contributed by atoms with van der Waals surface area (Å²) in [6.07, 6.45) is 4.97. The third-order valence-electron chi connectivity index (χ3n) is 5.13. The van der Waals surface area contributed by atoms with Crippen LogP contribution in [-0.4, -0.2) is 35.6 Å². The van der Waals surface area contributed by atoms with Crippen LogP contribution in [0.15, 0.2) is 42.0 Å². The first-order valence-corrected chi connectivity index (χ1v) is 10.3. The molecule has 0 aliphatic carbocycles. The normalized spacial score (nSPS) is 15.2. The van der Waals surface area contributed by atoms with Crippen LogP contribution in [0.4, 0.5) is 5.82 Å². The van der Waals surface area contributed by atoms with E-state index < -0.39 is 0 Å². The molecule has 27 heavy (non-hydrogen) atoms. The van der Waals surface area contributed by atoms with Crippen molar-refractivity contribution in [2.75, 3.05) is 24.6 Å². The number of ether oxygens (including phenoxy) is 1. The number of rotatable bonds is 5. The highest BCUT2D eigenvalue weighted by atomic mass is 32.1. The van der Waals surface area contributed by atoms with Gasteiger partial charge in [0.2, 0.25) is 0 Å². The number of fused-ring (bicyclic) bond motifs is 1. The number of nitrogens with zero attached hydrogens (tertiary/aromatic N) is 3. The Hall–Kier alpha value is -2.47. The van der Waals surface area contributed by atoms with Gasteiger partial charge in [-0.25, -0.2) is 14.8 Å². The average Bonchev–Trinajstić information content (AvgIpc) is 3.14. The van der Waals surface area contributed by atoms with Gasteiger partial charge in [-0.1, -0.05) is 30.3 Å². The fourth-order valence-electron chi connectivity index (χ4n) is 3.75. The molecule has 0 radical (unpaired) electrons. The average molecular weight is 382 g/mol. The summed E-state index contributed by atoms with van der Waals surface area (Å²) in [6.45, 7) is 4.08. The molecular weight excluding hydrogens is 358 g/mol. The van der Waals surface area contributed by atoms with E-state index in [1.807, 2.05) is 12.3 Å². The summed E-state index contributed by atoms with van der Waals surface area (Å²) in [5.74, 6) is 1.26. The van der Waals surface area contributed by atoms with Gasteiger partial charge >= 0.3 is 5.97 Å². The molecule has 2 aromatic heterocycles. The van der Waals surface area contributed by atoms with Gasteiger partial charge in [0.15, 0.2) is 0 Å². The van der Waals surface area contributed by atoms with E-state index in [0.717, 1.165) is 48.4 Å². The van der Waals surface area contributed by atoms with E-state index in [0.29, 0.717) is 18.1 Å². The van der Waals surface area contributed by atoms with Crippen molar-refractivity contribution in [3.63, 3.8) is 0 Å². The summed E-state index contributed by atoms with van der Waals surface area (Å²) in [4.78, 5) is 24.3. The van der Waals surface area contributed by atoms with Crippen LogP contribution >= 0.6 is 11.3 Å². The number of aromatic nitrogens is 2. The summed E-state index contributed by atoms with van der Waals surface area (Å²) in [6, 6.07) is 10.7. The van der Waals surface area contributed by atoms with Gasteiger partial charge in [0, 0.05) is 18.5 Å². The maximum absolute atomic E-state index is 12.3. The Morgan fingerprint density at radius 2 is 2.00 bits per heavy atom. The number of anilines is 1. The largest absolute Gasteiger partial charge is 0.462 e. The van der Waals surface area contributed by atoms with Crippen LogP contribution < -0.4 is 4.90 Å². The predicted molar refractivity (Wildman–Crippen MR) is 108 cm³/mol. The summed E-state index contributed by atoms with van der Waals surface area (Å²) >= 11 is 1.47. The van der Waals surface area contributed by atoms with Crippen molar-refractivity contribution >= 4 is 33.3 Å². The molecule has 1 fully saturated rings. The second-order valence-electron chi connectivity index (χ2n) is 6.87. The molecule has 5 nitrogen and oxygen atoms in total. The number of thiophene rings is 1. The van der Waals surface area contributed by atoms with Crippen LogP contribution in [0, 0.1) is 5.92 Å². The second kappa shape index (κ2) is 8.05. The van der Waals surface area contributed by atoms with E-state index in [1.54, 1.807) is 6.33 Å². The Balaban J connectivity index is 1.52. The minimum atomic E-state index is -0.293. The summed E-state index contributed by atoms with van der Waals surface area (Å²) in [5.41, 5.74) is 1.99. The lowest BCUT2D eigenvalue weighted by atomic mass is 9.90. The van der Waals surface area contributed by atoms with E-state index in [9.17, 15) is 4.79 Å². The maximum Gasteiger partial charge on any atom is 0.339 e. The Morgan fingerprint density at radius 1 is 1.22 bits per heavy atom. The van der Waals surface area contributed by atoms with Gasteiger partial charge < -0.3 is 9.64 Å². The van der Waals surface area contributed by atoms with Crippen molar-refractivity contribution in [1.82, 2.24) is 9.97 Å². The molecule has 0 saturated carbocycles. The van der Waals surface area contributed by atoms with Gasteiger partial charge in [0.05, 0.1) is 17.6 Å². The Bertz CT molecular complexity index is 918. The first-order valence-electron chi connectivity index (χ1n) is 9.44. The zero-order valence-corrected chi connectivity index (χ0v) is 16.2. The van der Waals surface area contributed by atoms with E-state index in [1.165, 1.54) is 16.9 Å².